The second kappa shape index (κ2) is 18.3. The maximum absolute atomic E-state index is 14.8. The van der Waals surface area contributed by atoms with Gasteiger partial charge < -0.3 is 30.1 Å². The fourth-order valence-corrected chi connectivity index (χ4v) is 9.67. The molecule has 16 nitrogen and oxygen atoms in total. The summed E-state index contributed by atoms with van der Waals surface area (Å²) in [6, 6.07) is 15.7. The molecule has 1 unspecified atom stereocenters. The molecule has 18 heteroatoms. The van der Waals surface area contributed by atoms with E-state index in [4.69, 9.17) is 9.72 Å². The lowest BCUT2D eigenvalue weighted by Crippen LogP contribution is -2.64. The molecule has 2 aromatic carbocycles. The van der Waals surface area contributed by atoms with E-state index < -0.39 is 46.5 Å². The maximum Gasteiger partial charge on any atom is 0.255 e. The van der Waals surface area contributed by atoms with E-state index in [0.717, 1.165) is 66.4 Å². The van der Waals surface area contributed by atoms with E-state index >= 15 is 0 Å². The summed E-state index contributed by atoms with van der Waals surface area (Å²) in [7, 11) is 0. The van der Waals surface area contributed by atoms with Gasteiger partial charge in [0.1, 0.15) is 40.9 Å². The van der Waals surface area contributed by atoms with Crippen LogP contribution in [0.1, 0.15) is 88.8 Å². The Morgan fingerprint density at radius 2 is 1.77 bits per heavy atom. The van der Waals surface area contributed by atoms with E-state index in [9.17, 15) is 38.0 Å². The number of imide groups is 1. The Morgan fingerprint density at radius 1 is 0.970 bits per heavy atom. The molecule has 0 bridgehead atoms. The first-order chi connectivity index (χ1) is 31.9. The quantitative estimate of drug-likeness (QED) is 0.150. The maximum atomic E-state index is 14.8. The second-order valence-electron chi connectivity index (χ2n) is 17.2. The predicted octanol–water partition coefficient (Wildman–Crippen LogP) is 4.47. The van der Waals surface area contributed by atoms with Crippen LogP contribution < -0.4 is 25.6 Å². The van der Waals surface area contributed by atoms with Gasteiger partial charge in [-0.05, 0) is 112 Å². The number of aromatic nitrogens is 3. The minimum atomic E-state index is -1.43. The predicted molar refractivity (Wildman–Crippen MR) is 236 cm³/mol. The number of pyridine rings is 2. The van der Waals surface area contributed by atoms with Gasteiger partial charge in [0, 0.05) is 62.0 Å². The average molecular weight is 899 g/mol. The molecule has 0 aliphatic carbocycles. The van der Waals surface area contributed by atoms with E-state index in [-0.39, 0.29) is 43.5 Å². The smallest absolute Gasteiger partial charge is 0.255 e. The molecule has 4 aliphatic heterocycles. The standard InChI is InChI=1S/C48H48F2N10O6/c1-2-66-35-23-36(43-33(24-51)26-54-60(43)28-35)31-5-9-41(53-25-31)58-18-13-48(14-19-58,56-44(62)38-22-34(49)6-7-39(38)50)47(65)52-15-20-57-16-11-29(12-17-57)30-3-4-32-27-59(46(64)37(32)21-30)40-8-10-42(61)55-45(40)63/h3-7,9,21-23,25-26,28-29,40H,2,8,10-20,27H2,1H3,(H,52,65)(H,56,62)(H,55,61,63). The fourth-order valence-electron chi connectivity index (χ4n) is 9.67. The van der Waals surface area contributed by atoms with Crippen LogP contribution in [0.2, 0.25) is 0 Å². The summed E-state index contributed by atoms with van der Waals surface area (Å²) in [5.74, 6) is -2.54. The number of nitrogens with one attached hydrogen (secondary N) is 3. The third kappa shape index (κ3) is 8.65. The number of nitrogens with zero attached hydrogens (tertiary/aromatic N) is 7. The zero-order valence-electron chi connectivity index (χ0n) is 36.3. The number of fused-ring (bicyclic) bond motifs is 2. The largest absolute Gasteiger partial charge is 0.492 e. The third-order valence-corrected chi connectivity index (χ3v) is 13.3. The topological polar surface area (TPSA) is 194 Å². The normalized spacial score (nSPS) is 18.8. The Bertz CT molecular complexity index is 2770. The van der Waals surface area contributed by atoms with Crippen molar-refractivity contribution in [1.29, 1.82) is 5.26 Å². The van der Waals surface area contributed by atoms with Crippen LogP contribution in [0.5, 0.6) is 5.75 Å². The van der Waals surface area contributed by atoms with E-state index in [2.05, 4.69) is 38.1 Å². The summed E-state index contributed by atoms with van der Waals surface area (Å²) in [5, 5.41) is 22.2. The molecule has 1 atom stereocenters. The molecule has 0 saturated carbocycles. The lowest BCUT2D eigenvalue weighted by molar-refractivity contribution is -0.137. The van der Waals surface area contributed by atoms with Gasteiger partial charge in [0.05, 0.1) is 35.6 Å². The first kappa shape index (κ1) is 44.0. The molecular formula is C48H48F2N10O6. The number of carbonyl (C=O) groups excluding carboxylic acids is 5. The molecule has 9 rings (SSSR count). The van der Waals surface area contributed by atoms with Crippen molar-refractivity contribution in [2.75, 3.05) is 50.8 Å². The van der Waals surface area contributed by atoms with Gasteiger partial charge in [0.15, 0.2) is 0 Å². The molecule has 3 fully saturated rings. The number of hydrogen-bond acceptors (Lipinski definition) is 11. The Hall–Kier alpha value is -7.26. The molecule has 66 heavy (non-hydrogen) atoms. The summed E-state index contributed by atoms with van der Waals surface area (Å²) in [4.78, 5) is 75.9. The van der Waals surface area contributed by atoms with Crippen molar-refractivity contribution in [3.63, 3.8) is 0 Å². The summed E-state index contributed by atoms with van der Waals surface area (Å²) < 4.78 is 36.4. The number of rotatable bonds is 12. The molecule has 0 radical (unpaired) electrons. The van der Waals surface area contributed by atoms with Crippen molar-refractivity contribution >= 4 is 40.9 Å². The van der Waals surface area contributed by atoms with Gasteiger partial charge in [0.2, 0.25) is 17.7 Å². The number of piperidine rings is 3. The van der Waals surface area contributed by atoms with Crippen molar-refractivity contribution in [3.05, 3.63) is 113 Å². The molecule has 340 valence electrons. The molecule has 7 heterocycles. The van der Waals surface area contributed by atoms with Gasteiger partial charge in [-0.3, -0.25) is 29.3 Å². The van der Waals surface area contributed by atoms with Crippen LogP contribution in [0.3, 0.4) is 0 Å². The first-order valence-corrected chi connectivity index (χ1v) is 22.2. The van der Waals surface area contributed by atoms with Crippen LogP contribution in [0.4, 0.5) is 14.6 Å². The Morgan fingerprint density at radius 3 is 2.50 bits per heavy atom. The van der Waals surface area contributed by atoms with Crippen molar-refractivity contribution in [2.45, 2.75) is 69.5 Å². The number of hydrogen-bond donors (Lipinski definition) is 3. The highest BCUT2D eigenvalue weighted by molar-refractivity contribution is 6.05. The highest BCUT2D eigenvalue weighted by Crippen LogP contribution is 2.35. The fraction of sp³-hybridized carbons (Fsp3) is 0.375. The van der Waals surface area contributed by atoms with Crippen molar-refractivity contribution in [1.82, 2.24) is 40.3 Å². The number of likely N-dealkylation sites (tertiary alicyclic amines) is 1. The van der Waals surface area contributed by atoms with Crippen LogP contribution in [-0.2, 0) is 20.9 Å². The van der Waals surface area contributed by atoms with Crippen LogP contribution in [-0.4, -0.2) is 111 Å². The Labute approximate surface area is 378 Å². The molecule has 5 aromatic rings. The van der Waals surface area contributed by atoms with Crippen molar-refractivity contribution in [2.24, 2.45) is 0 Å². The van der Waals surface area contributed by atoms with Crippen LogP contribution in [0.25, 0.3) is 16.6 Å². The second-order valence-corrected chi connectivity index (χ2v) is 17.2. The molecule has 3 N–H and O–H groups in total. The highest BCUT2D eigenvalue weighted by Gasteiger charge is 2.44. The van der Waals surface area contributed by atoms with Gasteiger partial charge >= 0.3 is 0 Å². The van der Waals surface area contributed by atoms with E-state index in [0.29, 0.717) is 67.4 Å². The van der Waals surface area contributed by atoms with Crippen molar-refractivity contribution in [3.8, 4) is 22.9 Å². The lowest BCUT2D eigenvalue weighted by atomic mass is 9.85. The summed E-state index contributed by atoms with van der Waals surface area (Å²) >= 11 is 0. The van der Waals surface area contributed by atoms with E-state index in [1.165, 1.54) is 6.20 Å². The average Bonchev–Trinajstić information content (AvgIpc) is 3.89. The summed E-state index contributed by atoms with van der Waals surface area (Å²) in [6.45, 7) is 5.61. The first-order valence-electron chi connectivity index (χ1n) is 22.2. The molecule has 4 aliphatic rings. The zero-order chi connectivity index (χ0) is 46.1. The number of benzene rings is 2. The number of nitriles is 1. The third-order valence-electron chi connectivity index (χ3n) is 13.3. The molecule has 3 saturated heterocycles. The molecule has 5 amide bonds. The van der Waals surface area contributed by atoms with Crippen LogP contribution in [0.15, 0.2) is 73.2 Å². The zero-order valence-corrected chi connectivity index (χ0v) is 36.3. The lowest BCUT2D eigenvalue weighted by Gasteiger charge is -2.41. The summed E-state index contributed by atoms with van der Waals surface area (Å²) in [6.07, 6.45) is 7.40. The van der Waals surface area contributed by atoms with Gasteiger partial charge in [0.25, 0.3) is 11.8 Å². The van der Waals surface area contributed by atoms with Gasteiger partial charge in [-0.25, -0.2) is 18.3 Å². The number of ether oxygens (including phenoxy) is 1. The number of halogens is 2. The van der Waals surface area contributed by atoms with Gasteiger partial charge in [-0.1, -0.05) is 12.1 Å². The van der Waals surface area contributed by atoms with Crippen molar-refractivity contribution < 1.29 is 37.5 Å². The van der Waals surface area contributed by atoms with Crippen LogP contribution >= 0.6 is 0 Å². The van der Waals surface area contributed by atoms with Gasteiger partial charge in [-0.2, -0.15) is 10.4 Å². The Kier molecular flexibility index (Phi) is 12.2. The summed E-state index contributed by atoms with van der Waals surface area (Å²) in [5.41, 5.74) is 3.07. The molecule has 3 aromatic heterocycles. The number of anilines is 1. The van der Waals surface area contributed by atoms with E-state index in [1.807, 2.05) is 42.2 Å². The SMILES string of the molecule is CCOc1cc(-c2ccc(N3CCC(NC(=O)c4cc(F)ccc4F)(C(=O)NCCN4CCC(c5ccc6c(c5)C(=O)N(C5CCC(=O)NC5=O)C6)CC4)CC3)nc2)c2c(C#N)cnn2c1. The highest BCUT2D eigenvalue weighted by atomic mass is 19.1. The molecule has 0 spiro atoms. The minimum Gasteiger partial charge on any atom is -0.492 e. The molecular weight excluding hydrogens is 851 g/mol. The number of amides is 5. The van der Waals surface area contributed by atoms with E-state index in [1.54, 1.807) is 21.8 Å². The minimum absolute atomic E-state index is 0.156. The van der Waals surface area contributed by atoms with Gasteiger partial charge in [-0.15, -0.1) is 0 Å². The number of carbonyl (C=O) groups is 5. The van der Waals surface area contributed by atoms with Crippen LogP contribution in [0, 0.1) is 23.0 Å². The monoisotopic (exact) mass is 898 g/mol. The Balaban J connectivity index is 0.833.